The van der Waals surface area contributed by atoms with Crippen LogP contribution in [0.4, 0.5) is 4.39 Å². The SMILES string of the molecule is C/C=C\c1c(C)c2ccccc2n1-c1cccc(-c2ccc3oc4cccc(F)c4c3c2)c1. The second-order valence-corrected chi connectivity index (χ2v) is 8.34. The molecule has 6 aromatic rings. The number of hydrogen-bond donors (Lipinski definition) is 0. The van der Waals surface area contributed by atoms with Crippen molar-refractivity contribution in [1.82, 2.24) is 4.57 Å². The molecule has 6 rings (SSSR count). The fraction of sp³-hybridized carbons (Fsp3) is 0.0667. The molecule has 0 aliphatic heterocycles. The van der Waals surface area contributed by atoms with Crippen LogP contribution in [0, 0.1) is 12.7 Å². The molecule has 0 fully saturated rings. The fourth-order valence-corrected chi connectivity index (χ4v) is 4.84. The van der Waals surface area contributed by atoms with E-state index < -0.39 is 0 Å². The highest BCUT2D eigenvalue weighted by Crippen LogP contribution is 2.35. The molecule has 0 amide bonds. The average molecular weight is 432 g/mol. The fourth-order valence-electron chi connectivity index (χ4n) is 4.84. The maximum absolute atomic E-state index is 14.6. The molecule has 160 valence electrons. The van der Waals surface area contributed by atoms with Crippen LogP contribution in [0.1, 0.15) is 18.2 Å². The highest BCUT2D eigenvalue weighted by Gasteiger charge is 2.15. The largest absolute Gasteiger partial charge is 0.456 e. The van der Waals surface area contributed by atoms with E-state index in [0.717, 1.165) is 22.2 Å². The summed E-state index contributed by atoms with van der Waals surface area (Å²) >= 11 is 0. The second kappa shape index (κ2) is 7.49. The van der Waals surface area contributed by atoms with E-state index in [1.807, 2.05) is 25.1 Å². The molecule has 0 unspecified atom stereocenters. The normalized spacial score (nSPS) is 12.0. The minimum absolute atomic E-state index is 0.262. The minimum Gasteiger partial charge on any atom is -0.456 e. The van der Waals surface area contributed by atoms with Gasteiger partial charge in [-0.1, -0.05) is 48.5 Å². The quantitative estimate of drug-likeness (QED) is 0.274. The zero-order chi connectivity index (χ0) is 22.5. The second-order valence-electron chi connectivity index (χ2n) is 8.34. The van der Waals surface area contributed by atoms with E-state index in [1.165, 1.54) is 28.2 Å². The van der Waals surface area contributed by atoms with Crippen molar-refractivity contribution in [3.05, 3.63) is 108 Å². The Morgan fingerprint density at radius 2 is 1.61 bits per heavy atom. The number of nitrogens with zero attached hydrogens (tertiary/aromatic N) is 1. The Labute approximate surface area is 191 Å². The number of aryl methyl sites for hydroxylation is 1. The molecule has 0 aliphatic carbocycles. The van der Waals surface area contributed by atoms with Crippen LogP contribution in [0.15, 0.2) is 95.4 Å². The summed E-state index contributed by atoms with van der Waals surface area (Å²) in [7, 11) is 0. The number of hydrogen-bond acceptors (Lipinski definition) is 1. The highest BCUT2D eigenvalue weighted by molar-refractivity contribution is 6.06. The Bertz CT molecular complexity index is 1700. The van der Waals surface area contributed by atoms with E-state index in [4.69, 9.17) is 4.42 Å². The van der Waals surface area contributed by atoms with Crippen molar-refractivity contribution in [1.29, 1.82) is 0 Å². The van der Waals surface area contributed by atoms with Crippen LogP contribution in [-0.4, -0.2) is 4.57 Å². The van der Waals surface area contributed by atoms with Crippen LogP contribution < -0.4 is 0 Å². The smallest absolute Gasteiger partial charge is 0.138 e. The van der Waals surface area contributed by atoms with Gasteiger partial charge >= 0.3 is 0 Å². The lowest BCUT2D eigenvalue weighted by molar-refractivity contribution is 0.634. The Balaban J connectivity index is 1.56. The van der Waals surface area contributed by atoms with Crippen LogP contribution in [-0.2, 0) is 0 Å². The molecular weight excluding hydrogens is 409 g/mol. The standard InChI is InChI=1S/C30H22FNO/c1-3-8-26-19(2)23-11-4-5-13-27(23)32(26)22-10-6-9-20(17-22)21-15-16-28-24(18-21)30-25(31)12-7-14-29(30)33-28/h3-18H,1-2H3/b8-3-. The lowest BCUT2D eigenvalue weighted by Gasteiger charge is -2.12. The molecular formula is C30H22FNO. The summed E-state index contributed by atoms with van der Waals surface area (Å²) in [5.41, 5.74) is 8.06. The number of halogens is 1. The maximum Gasteiger partial charge on any atom is 0.138 e. The lowest BCUT2D eigenvalue weighted by Crippen LogP contribution is -1.97. The first-order valence-corrected chi connectivity index (χ1v) is 11.1. The Kier molecular flexibility index (Phi) is 4.44. The van der Waals surface area contributed by atoms with Gasteiger partial charge in [0.25, 0.3) is 0 Å². The van der Waals surface area contributed by atoms with E-state index in [2.05, 4.69) is 72.2 Å². The van der Waals surface area contributed by atoms with Gasteiger partial charge in [-0.3, -0.25) is 0 Å². The summed E-state index contributed by atoms with van der Waals surface area (Å²) in [5, 5.41) is 2.58. The van der Waals surface area contributed by atoms with Crippen molar-refractivity contribution >= 4 is 38.9 Å². The first-order chi connectivity index (χ1) is 16.2. The monoisotopic (exact) mass is 431 g/mol. The van der Waals surface area contributed by atoms with Gasteiger partial charge in [0.05, 0.1) is 10.9 Å². The van der Waals surface area contributed by atoms with Crippen molar-refractivity contribution in [3.8, 4) is 16.8 Å². The molecule has 2 heterocycles. The van der Waals surface area contributed by atoms with E-state index in [0.29, 0.717) is 16.6 Å². The molecule has 0 radical (unpaired) electrons. The summed E-state index contributed by atoms with van der Waals surface area (Å²) < 4.78 is 22.7. The van der Waals surface area contributed by atoms with Gasteiger partial charge in [-0.2, -0.15) is 0 Å². The minimum atomic E-state index is -0.262. The number of allylic oxidation sites excluding steroid dienone is 1. The van der Waals surface area contributed by atoms with Gasteiger partial charge in [0, 0.05) is 22.2 Å². The molecule has 3 heteroatoms. The van der Waals surface area contributed by atoms with Gasteiger partial charge < -0.3 is 8.98 Å². The average Bonchev–Trinajstić information content (AvgIpc) is 3.35. The van der Waals surface area contributed by atoms with Crippen LogP contribution in [0.2, 0.25) is 0 Å². The number of furan rings is 1. The van der Waals surface area contributed by atoms with Crippen molar-refractivity contribution in [2.75, 3.05) is 0 Å². The van der Waals surface area contributed by atoms with Gasteiger partial charge in [0.2, 0.25) is 0 Å². The molecule has 4 aromatic carbocycles. The number of para-hydroxylation sites is 1. The van der Waals surface area contributed by atoms with Crippen molar-refractivity contribution in [3.63, 3.8) is 0 Å². The maximum atomic E-state index is 14.6. The summed E-state index contributed by atoms with van der Waals surface area (Å²) in [4.78, 5) is 0. The van der Waals surface area contributed by atoms with Crippen molar-refractivity contribution < 1.29 is 8.81 Å². The van der Waals surface area contributed by atoms with E-state index >= 15 is 0 Å². The van der Waals surface area contributed by atoms with Gasteiger partial charge in [-0.15, -0.1) is 0 Å². The Hall–Kier alpha value is -4.11. The zero-order valence-electron chi connectivity index (χ0n) is 18.5. The molecule has 0 bridgehead atoms. The summed E-state index contributed by atoms with van der Waals surface area (Å²) in [6.07, 6.45) is 4.24. The van der Waals surface area contributed by atoms with E-state index in [9.17, 15) is 4.39 Å². The Morgan fingerprint density at radius 1 is 0.788 bits per heavy atom. The molecule has 0 N–H and O–H groups in total. The number of rotatable bonds is 3. The first kappa shape index (κ1) is 19.6. The molecule has 0 saturated carbocycles. The summed E-state index contributed by atoms with van der Waals surface area (Å²) in [5.74, 6) is -0.262. The van der Waals surface area contributed by atoms with Gasteiger partial charge in [0.1, 0.15) is 17.0 Å². The first-order valence-electron chi connectivity index (χ1n) is 11.1. The van der Waals surface area contributed by atoms with Gasteiger partial charge in [0.15, 0.2) is 0 Å². The third-order valence-corrected chi connectivity index (χ3v) is 6.38. The van der Waals surface area contributed by atoms with Crippen molar-refractivity contribution in [2.45, 2.75) is 13.8 Å². The highest BCUT2D eigenvalue weighted by atomic mass is 19.1. The molecule has 2 nitrogen and oxygen atoms in total. The van der Waals surface area contributed by atoms with Gasteiger partial charge in [-0.25, -0.2) is 4.39 Å². The lowest BCUT2D eigenvalue weighted by atomic mass is 10.0. The molecule has 0 spiro atoms. The predicted octanol–water partition coefficient (Wildman–Crippen LogP) is 8.68. The molecule has 0 atom stereocenters. The van der Waals surface area contributed by atoms with Crippen LogP contribution in [0.25, 0.3) is 55.7 Å². The van der Waals surface area contributed by atoms with Crippen LogP contribution in [0.3, 0.4) is 0 Å². The molecule has 33 heavy (non-hydrogen) atoms. The van der Waals surface area contributed by atoms with Gasteiger partial charge in [-0.05, 0) is 79.1 Å². The number of fused-ring (bicyclic) bond motifs is 4. The number of benzene rings is 4. The van der Waals surface area contributed by atoms with Crippen LogP contribution in [0.5, 0.6) is 0 Å². The third-order valence-electron chi connectivity index (χ3n) is 6.38. The summed E-state index contributed by atoms with van der Waals surface area (Å²) in [6, 6.07) is 27.9. The molecule has 0 aliphatic rings. The zero-order valence-corrected chi connectivity index (χ0v) is 18.5. The van der Waals surface area contributed by atoms with Crippen LogP contribution >= 0.6 is 0 Å². The number of aromatic nitrogens is 1. The summed E-state index contributed by atoms with van der Waals surface area (Å²) in [6.45, 7) is 4.21. The van der Waals surface area contributed by atoms with E-state index in [-0.39, 0.29) is 5.82 Å². The third kappa shape index (κ3) is 3.00. The molecule has 0 saturated heterocycles. The topological polar surface area (TPSA) is 18.1 Å². The Morgan fingerprint density at radius 3 is 2.48 bits per heavy atom. The predicted molar refractivity (Wildman–Crippen MR) is 135 cm³/mol. The van der Waals surface area contributed by atoms with E-state index in [1.54, 1.807) is 12.1 Å². The molecule has 2 aromatic heterocycles. The van der Waals surface area contributed by atoms with Crippen molar-refractivity contribution in [2.24, 2.45) is 0 Å².